The number of thioether (sulfide) groups is 1. The Balaban J connectivity index is 1.55. The summed E-state index contributed by atoms with van der Waals surface area (Å²) in [4.78, 5) is 31.0. The molecule has 0 unspecified atom stereocenters. The number of carbonyl (C=O) groups is 2. The molecule has 1 aromatic carbocycles. The second kappa shape index (κ2) is 9.89. The number of amides is 2. The van der Waals surface area contributed by atoms with Crippen molar-refractivity contribution in [3.05, 3.63) is 58.5 Å². The van der Waals surface area contributed by atoms with Gasteiger partial charge in [0.15, 0.2) is 11.0 Å². The van der Waals surface area contributed by atoms with E-state index in [1.807, 2.05) is 18.2 Å². The molecule has 0 radical (unpaired) electrons. The average Bonchev–Trinajstić information content (AvgIpc) is 3.34. The topological polar surface area (TPSA) is 93.0 Å². The summed E-state index contributed by atoms with van der Waals surface area (Å²) in [5.41, 5.74) is 0.513. The van der Waals surface area contributed by atoms with Crippen molar-refractivity contribution in [2.75, 3.05) is 11.9 Å². The normalized spacial score (nSPS) is 14.6. The Labute approximate surface area is 199 Å². The number of hydrogen-bond donors (Lipinski definition) is 1. The van der Waals surface area contributed by atoms with Crippen molar-refractivity contribution < 1.29 is 9.59 Å². The molecule has 0 bridgehead atoms. The van der Waals surface area contributed by atoms with E-state index in [2.05, 4.69) is 20.5 Å². The van der Waals surface area contributed by atoms with E-state index in [9.17, 15) is 9.59 Å². The Bertz CT molecular complexity index is 1120. The van der Waals surface area contributed by atoms with Gasteiger partial charge in [0.05, 0.1) is 11.8 Å². The molecule has 1 aliphatic rings. The van der Waals surface area contributed by atoms with Crippen molar-refractivity contribution in [2.24, 2.45) is 0 Å². The smallest absolute Gasteiger partial charge is 0.237 e. The highest BCUT2D eigenvalue weighted by molar-refractivity contribution is 8.00. The predicted molar refractivity (Wildman–Crippen MR) is 124 cm³/mol. The van der Waals surface area contributed by atoms with Crippen LogP contribution in [0.25, 0.3) is 5.82 Å². The number of anilines is 1. The lowest BCUT2D eigenvalue weighted by Gasteiger charge is -2.17. The summed E-state index contributed by atoms with van der Waals surface area (Å²) in [5, 5.41) is 12.3. The van der Waals surface area contributed by atoms with E-state index in [0.717, 1.165) is 6.42 Å². The summed E-state index contributed by atoms with van der Waals surface area (Å²) >= 11 is 13.3. The number of halogens is 2. The average molecular weight is 491 g/mol. The Hall–Kier alpha value is -2.62. The quantitative estimate of drug-likeness (QED) is 0.498. The van der Waals surface area contributed by atoms with Gasteiger partial charge in [-0.15, -0.1) is 10.2 Å². The molecule has 0 saturated carbocycles. The minimum atomic E-state index is -0.499. The van der Waals surface area contributed by atoms with Crippen molar-refractivity contribution in [1.29, 1.82) is 0 Å². The van der Waals surface area contributed by atoms with Gasteiger partial charge in [0.2, 0.25) is 11.8 Å². The highest BCUT2D eigenvalue weighted by atomic mass is 35.5. The van der Waals surface area contributed by atoms with E-state index in [4.69, 9.17) is 23.2 Å². The van der Waals surface area contributed by atoms with Crippen molar-refractivity contribution in [1.82, 2.24) is 24.6 Å². The van der Waals surface area contributed by atoms with E-state index in [0.29, 0.717) is 52.0 Å². The van der Waals surface area contributed by atoms with Gasteiger partial charge in [0.25, 0.3) is 0 Å². The lowest BCUT2D eigenvalue weighted by molar-refractivity contribution is -0.128. The van der Waals surface area contributed by atoms with E-state index in [1.54, 1.807) is 40.8 Å². The zero-order chi connectivity index (χ0) is 22.7. The summed E-state index contributed by atoms with van der Waals surface area (Å²) in [5.74, 6) is 1.08. The van der Waals surface area contributed by atoms with Gasteiger partial charge in [-0.3, -0.25) is 14.2 Å². The molecule has 0 aliphatic carbocycles. The van der Waals surface area contributed by atoms with Crippen LogP contribution in [0.3, 0.4) is 0 Å². The van der Waals surface area contributed by atoms with Crippen LogP contribution >= 0.6 is 35.0 Å². The molecule has 3 heterocycles. The summed E-state index contributed by atoms with van der Waals surface area (Å²) in [6, 6.07) is 10.4. The summed E-state index contributed by atoms with van der Waals surface area (Å²) < 4.78 is 1.79. The van der Waals surface area contributed by atoms with Gasteiger partial charge >= 0.3 is 0 Å². The van der Waals surface area contributed by atoms with Gasteiger partial charge in [-0.2, -0.15) is 0 Å². The highest BCUT2D eigenvalue weighted by Crippen LogP contribution is 2.28. The molecule has 4 rings (SSSR count). The Kier molecular flexibility index (Phi) is 6.98. The van der Waals surface area contributed by atoms with Crippen molar-refractivity contribution >= 4 is 52.5 Å². The van der Waals surface area contributed by atoms with E-state index >= 15 is 0 Å². The molecule has 32 heavy (non-hydrogen) atoms. The number of nitrogens with zero attached hydrogens (tertiary/aromatic N) is 5. The zero-order valence-electron chi connectivity index (χ0n) is 17.2. The van der Waals surface area contributed by atoms with Crippen LogP contribution in [0.15, 0.2) is 47.8 Å². The number of pyridine rings is 1. The third kappa shape index (κ3) is 5.23. The fraction of sp³-hybridized carbons (Fsp3) is 0.286. The number of nitrogens with one attached hydrogen (secondary N) is 1. The van der Waals surface area contributed by atoms with Crippen LogP contribution in [-0.4, -0.2) is 48.3 Å². The fourth-order valence-electron chi connectivity index (χ4n) is 3.32. The minimum Gasteiger partial charge on any atom is -0.335 e. The number of rotatable bonds is 7. The zero-order valence-corrected chi connectivity index (χ0v) is 19.5. The van der Waals surface area contributed by atoms with Crippen LogP contribution in [-0.2, 0) is 16.1 Å². The molecule has 1 N–H and O–H groups in total. The van der Waals surface area contributed by atoms with Crippen molar-refractivity contribution in [3.8, 4) is 5.82 Å². The molecule has 3 aromatic rings. The first kappa shape index (κ1) is 22.6. The van der Waals surface area contributed by atoms with Gasteiger partial charge in [0, 0.05) is 34.9 Å². The molecule has 166 valence electrons. The fourth-order valence-corrected chi connectivity index (χ4v) is 4.72. The Morgan fingerprint density at radius 1 is 1.22 bits per heavy atom. The van der Waals surface area contributed by atoms with E-state index in [-0.39, 0.29) is 11.8 Å². The van der Waals surface area contributed by atoms with Crippen molar-refractivity contribution in [2.45, 2.75) is 36.7 Å². The van der Waals surface area contributed by atoms with Gasteiger partial charge in [-0.1, -0.05) is 41.0 Å². The first-order valence-corrected chi connectivity index (χ1v) is 11.6. The minimum absolute atomic E-state index is 0.0997. The monoisotopic (exact) mass is 490 g/mol. The maximum absolute atomic E-state index is 12.8. The lowest BCUT2D eigenvalue weighted by atomic mass is 10.3. The first-order valence-electron chi connectivity index (χ1n) is 9.98. The molecule has 2 amide bonds. The molecule has 0 spiro atoms. The molecule has 1 aliphatic heterocycles. The number of carbonyl (C=O) groups excluding carboxylic acids is 2. The standard InChI is InChI=1S/C21H20Cl2N6O2S/c1-13(20(31)25-16-10-14(22)9-15(23)11-16)32-21-27-26-18(12-28-8-4-6-19(28)30)29(21)17-5-2-3-7-24-17/h2-3,5,7,9-11,13H,4,6,8,12H2,1H3,(H,25,31)/t13-/m0/s1. The summed E-state index contributed by atoms with van der Waals surface area (Å²) in [6.45, 7) is 2.80. The Morgan fingerprint density at radius 3 is 2.66 bits per heavy atom. The molecular weight excluding hydrogens is 471 g/mol. The van der Waals surface area contributed by atoms with Crippen LogP contribution in [0.4, 0.5) is 5.69 Å². The molecule has 2 aromatic heterocycles. The van der Waals surface area contributed by atoms with Crippen LogP contribution < -0.4 is 5.32 Å². The van der Waals surface area contributed by atoms with Crippen molar-refractivity contribution in [3.63, 3.8) is 0 Å². The first-order chi connectivity index (χ1) is 15.4. The molecular formula is C21H20Cl2N6O2S. The number of hydrogen-bond acceptors (Lipinski definition) is 6. The predicted octanol–water partition coefficient (Wildman–Crippen LogP) is 4.21. The third-order valence-corrected chi connectivity index (χ3v) is 6.34. The van der Waals surface area contributed by atoms with E-state index in [1.165, 1.54) is 11.8 Å². The van der Waals surface area contributed by atoms with Crippen LogP contribution in [0.2, 0.25) is 10.0 Å². The lowest BCUT2D eigenvalue weighted by Crippen LogP contribution is -2.26. The molecule has 1 saturated heterocycles. The molecule has 11 heteroatoms. The SMILES string of the molecule is C[C@H](Sc1nnc(CN2CCCC2=O)n1-c1ccccn1)C(=O)Nc1cc(Cl)cc(Cl)c1. The van der Waals surface area contributed by atoms with Gasteiger partial charge in [-0.05, 0) is 43.7 Å². The van der Waals surface area contributed by atoms with Crippen LogP contribution in [0.5, 0.6) is 0 Å². The number of aromatic nitrogens is 4. The Morgan fingerprint density at radius 2 is 2.00 bits per heavy atom. The molecule has 1 atom stereocenters. The van der Waals surface area contributed by atoms with E-state index < -0.39 is 5.25 Å². The second-order valence-electron chi connectivity index (χ2n) is 7.25. The maximum atomic E-state index is 12.8. The number of likely N-dealkylation sites (tertiary alicyclic amines) is 1. The second-order valence-corrected chi connectivity index (χ2v) is 9.43. The van der Waals surface area contributed by atoms with Crippen LogP contribution in [0, 0.1) is 0 Å². The molecule has 1 fully saturated rings. The third-order valence-electron chi connectivity index (χ3n) is 4.86. The van der Waals surface area contributed by atoms with Gasteiger partial charge in [-0.25, -0.2) is 4.98 Å². The number of benzene rings is 1. The van der Waals surface area contributed by atoms with Gasteiger partial charge in [0.1, 0.15) is 5.82 Å². The summed E-state index contributed by atoms with van der Waals surface area (Å²) in [7, 11) is 0. The largest absolute Gasteiger partial charge is 0.335 e. The summed E-state index contributed by atoms with van der Waals surface area (Å²) in [6.07, 6.45) is 3.06. The van der Waals surface area contributed by atoms with Gasteiger partial charge < -0.3 is 10.2 Å². The highest BCUT2D eigenvalue weighted by Gasteiger charge is 2.26. The van der Waals surface area contributed by atoms with Crippen LogP contribution in [0.1, 0.15) is 25.6 Å². The molecule has 8 nitrogen and oxygen atoms in total. The maximum Gasteiger partial charge on any atom is 0.237 e.